The molecule has 2 aromatic rings. The van der Waals surface area contributed by atoms with Gasteiger partial charge in [0.25, 0.3) is 0 Å². The molecule has 0 aromatic heterocycles. The summed E-state index contributed by atoms with van der Waals surface area (Å²) in [5.74, 6) is 0.985. The fourth-order valence-electron chi connectivity index (χ4n) is 2.77. The summed E-state index contributed by atoms with van der Waals surface area (Å²) in [5, 5.41) is 3.21. The SMILES string of the molecule is CN(C)CC(=O)N[C@@H]1c2ccccc2CSc2ccccc21. The monoisotopic (exact) mass is 312 g/mol. The number of fused-ring (bicyclic) bond motifs is 2. The minimum Gasteiger partial charge on any atom is -0.344 e. The molecule has 0 spiro atoms. The zero-order chi connectivity index (χ0) is 15.5. The van der Waals surface area contributed by atoms with Crippen molar-refractivity contribution in [2.24, 2.45) is 0 Å². The molecule has 0 saturated carbocycles. The lowest BCUT2D eigenvalue weighted by molar-refractivity contribution is -0.122. The molecule has 22 heavy (non-hydrogen) atoms. The summed E-state index contributed by atoms with van der Waals surface area (Å²) in [4.78, 5) is 15.4. The van der Waals surface area contributed by atoms with Gasteiger partial charge in [0.1, 0.15) is 0 Å². The Balaban J connectivity index is 2.00. The Labute approximate surface area is 135 Å². The highest BCUT2D eigenvalue weighted by molar-refractivity contribution is 7.98. The van der Waals surface area contributed by atoms with E-state index in [2.05, 4.69) is 41.7 Å². The normalized spacial score (nSPS) is 16.6. The number of nitrogens with one attached hydrogen (secondary N) is 1. The molecular weight excluding hydrogens is 292 g/mol. The highest BCUT2D eigenvalue weighted by Crippen LogP contribution is 2.39. The van der Waals surface area contributed by atoms with Crippen molar-refractivity contribution in [1.29, 1.82) is 0 Å². The van der Waals surface area contributed by atoms with E-state index >= 15 is 0 Å². The summed E-state index contributed by atoms with van der Waals surface area (Å²) < 4.78 is 0. The standard InChI is InChI=1S/C18H20N2OS/c1-20(2)11-17(21)19-18-14-8-4-3-7-13(14)12-22-16-10-6-5-9-15(16)18/h3-10,18H,11-12H2,1-2H3,(H,19,21)/t18-/m1/s1. The van der Waals surface area contributed by atoms with E-state index in [-0.39, 0.29) is 11.9 Å². The molecular formula is C18H20N2OS. The zero-order valence-electron chi connectivity index (χ0n) is 12.9. The van der Waals surface area contributed by atoms with Crippen LogP contribution in [0.5, 0.6) is 0 Å². The molecule has 0 unspecified atom stereocenters. The van der Waals surface area contributed by atoms with Crippen molar-refractivity contribution < 1.29 is 4.79 Å². The van der Waals surface area contributed by atoms with Crippen LogP contribution in [0.1, 0.15) is 22.7 Å². The number of nitrogens with zero attached hydrogens (tertiary/aromatic N) is 1. The molecule has 0 bridgehead atoms. The summed E-state index contributed by atoms with van der Waals surface area (Å²) in [6, 6.07) is 16.7. The van der Waals surface area contributed by atoms with Gasteiger partial charge in [-0.1, -0.05) is 42.5 Å². The second-order valence-electron chi connectivity index (χ2n) is 5.76. The Morgan fingerprint density at radius 2 is 1.82 bits per heavy atom. The maximum absolute atomic E-state index is 12.3. The molecule has 2 aromatic carbocycles. The molecule has 3 nitrogen and oxygen atoms in total. The van der Waals surface area contributed by atoms with E-state index in [9.17, 15) is 4.79 Å². The van der Waals surface area contributed by atoms with Crippen LogP contribution in [0.25, 0.3) is 0 Å². The fraction of sp³-hybridized carbons (Fsp3) is 0.278. The minimum absolute atomic E-state index is 0.0477. The smallest absolute Gasteiger partial charge is 0.234 e. The number of carbonyl (C=O) groups excluding carboxylic acids is 1. The van der Waals surface area contributed by atoms with Gasteiger partial charge in [0.05, 0.1) is 12.6 Å². The molecule has 0 fully saturated rings. The number of rotatable bonds is 3. The predicted molar refractivity (Wildman–Crippen MR) is 91.0 cm³/mol. The van der Waals surface area contributed by atoms with Crippen molar-refractivity contribution >= 4 is 17.7 Å². The molecule has 0 radical (unpaired) electrons. The first-order valence-electron chi connectivity index (χ1n) is 7.39. The van der Waals surface area contributed by atoms with Crippen LogP contribution in [0, 0.1) is 0 Å². The van der Waals surface area contributed by atoms with E-state index in [4.69, 9.17) is 0 Å². The molecule has 1 heterocycles. The third-order valence-corrected chi connectivity index (χ3v) is 4.88. The summed E-state index contributed by atoms with van der Waals surface area (Å²) in [6.07, 6.45) is 0. The molecule has 1 N–H and O–H groups in total. The lowest BCUT2D eigenvalue weighted by atomic mass is 9.95. The van der Waals surface area contributed by atoms with Crippen molar-refractivity contribution in [2.45, 2.75) is 16.7 Å². The second kappa shape index (κ2) is 6.55. The van der Waals surface area contributed by atoms with Crippen molar-refractivity contribution in [2.75, 3.05) is 20.6 Å². The van der Waals surface area contributed by atoms with Crippen LogP contribution in [0.3, 0.4) is 0 Å². The minimum atomic E-state index is -0.0742. The number of hydrogen-bond acceptors (Lipinski definition) is 3. The Morgan fingerprint density at radius 3 is 2.59 bits per heavy atom. The Bertz CT molecular complexity index is 637. The van der Waals surface area contributed by atoms with Gasteiger partial charge in [-0.3, -0.25) is 4.79 Å². The topological polar surface area (TPSA) is 32.3 Å². The van der Waals surface area contributed by atoms with Gasteiger partial charge < -0.3 is 10.2 Å². The van der Waals surface area contributed by atoms with E-state index in [0.29, 0.717) is 6.54 Å². The average Bonchev–Trinajstić information content (AvgIpc) is 2.65. The molecule has 4 heteroatoms. The first-order chi connectivity index (χ1) is 10.6. The lowest BCUT2D eigenvalue weighted by Crippen LogP contribution is -2.36. The highest BCUT2D eigenvalue weighted by Gasteiger charge is 2.25. The van der Waals surface area contributed by atoms with Gasteiger partial charge in [0.15, 0.2) is 0 Å². The first-order valence-corrected chi connectivity index (χ1v) is 8.37. The van der Waals surface area contributed by atoms with E-state index in [0.717, 1.165) is 5.75 Å². The Kier molecular flexibility index (Phi) is 4.50. The van der Waals surface area contributed by atoms with Crippen LogP contribution in [-0.2, 0) is 10.5 Å². The fourth-order valence-corrected chi connectivity index (χ4v) is 3.87. The molecule has 0 saturated heterocycles. The van der Waals surface area contributed by atoms with Crippen molar-refractivity contribution in [3.05, 3.63) is 65.2 Å². The van der Waals surface area contributed by atoms with E-state index in [1.54, 1.807) is 0 Å². The first kappa shape index (κ1) is 15.1. The van der Waals surface area contributed by atoms with Crippen molar-refractivity contribution in [3.63, 3.8) is 0 Å². The van der Waals surface area contributed by atoms with Gasteiger partial charge in [0, 0.05) is 10.6 Å². The Morgan fingerprint density at radius 1 is 1.14 bits per heavy atom. The summed E-state index contributed by atoms with van der Waals surface area (Å²) >= 11 is 1.84. The number of hydrogen-bond donors (Lipinski definition) is 1. The van der Waals surface area contributed by atoms with Gasteiger partial charge in [-0.25, -0.2) is 0 Å². The third-order valence-electron chi connectivity index (χ3n) is 3.74. The number of carbonyl (C=O) groups is 1. The highest BCUT2D eigenvalue weighted by atomic mass is 32.2. The van der Waals surface area contributed by atoms with Gasteiger partial charge in [-0.2, -0.15) is 0 Å². The largest absolute Gasteiger partial charge is 0.344 e. The van der Waals surface area contributed by atoms with Gasteiger partial charge in [-0.15, -0.1) is 11.8 Å². The zero-order valence-corrected chi connectivity index (χ0v) is 13.7. The lowest BCUT2D eigenvalue weighted by Gasteiger charge is -2.22. The van der Waals surface area contributed by atoms with Crippen LogP contribution in [0.15, 0.2) is 53.4 Å². The van der Waals surface area contributed by atoms with Crippen LogP contribution in [0.4, 0.5) is 0 Å². The molecule has 3 rings (SSSR count). The quantitative estimate of drug-likeness (QED) is 0.945. The molecule has 1 atom stereocenters. The average molecular weight is 312 g/mol. The second-order valence-corrected chi connectivity index (χ2v) is 6.78. The van der Waals surface area contributed by atoms with Crippen LogP contribution < -0.4 is 5.32 Å². The summed E-state index contributed by atoms with van der Waals surface area (Å²) in [6.45, 7) is 0.397. The van der Waals surface area contributed by atoms with Crippen LogP contribution in [0.2, 0.25) is 0 Å². The van der Waals surface area contributed by atoms with E-state index < -0.39 is 0 Å². The summed E-state index contributed by atoms with van der Waals surface area (Å²) in [5.41, 5.74) is 3.68. The number of benzene rings is 2. The van der Waals surface area contributed by atoms with Crippen molar-refractivity contribution in [1.82, 2.24) is 10.2 Å². The number of likely N-dealkylation sites (N-methyl/N-ethyl adjacent to an activating group) is 1. The van der Waals surface area contributed by atoms with Gasteiger partial charge in [-0.05, 0) is 36.9 Å². The maximum atomic E-state index is 12.3. The number of thioether (sulfide) groups is 1. The van der Waals surface area contributed by atoms with Crippen LogP contribution in [-0.4, -0.2) is 31.4 Å². The van der Waals surface area contributed by atoms with Gasteiger partial charge in [0.2, 0.25) is 5.91 Å². The molecule has 0 aliphatic carbocycles. The molecule has 1 aliphatic rings. The van der Waals surface area contributed by atoms with E-state index in [1.165, 1.54) is 21.6 Å². The van der Waals surface area contributed by atoms with Crippen molar-refractivity contribution in [3.8, 4) is 0 Å². The third kappa shape index (κ3) is 3.18. The predicted octanol–water partition coefficient (Wildman–Crippen LogP) is 3.06. The molecule has 114 valence electrons. The maximum Gasteiger partial charge on any atom is 0.234 e. The van der Waals surface area contributed by atoms with Gasteiger partial charge >= 0.3 is 0 Å². The Hall–Kier alpha value is -1.78. The number of amides is 1. The molecule has 1 amide bonds. The van der Waals surface area contributed by atoms with Crippen LogP contribution >= 0.6 is 11.8 Å². The molecule has 1 aliphatic heterocycles. The van der Waals surface area contributed by atoms with E-state index in [1.807, 2.05) is 42.9 Å². The summed E-state index contributed by atoms with van der Waals surface area (Å²) in [7, 11) is 3.81.